The molecule has 7 heteroatoms. The van der Waals surface area contributed by atoms with E-state index in [1.165, 1.54) is 0 Å². The van der Waals surface area contributed by atoms with Crippen LogP contribution in [-0.4, -0.2) is 32.0 Å². The Morgan fingerprint density at radius 1 is 1.26 bits per heavy atom. The van der Waals surface area contributed by atoms with Gasteiger partial charge in [-0.25, -0.2) is 4.68 Å². The van der Waals surface area contributed by atoms with Crippen LogP contribution in [0.3, 0.4) is 0 Å². The second-order valence-electron chi connectivity index (χ2n) is 6.39. The van der Waals surface area contributed by atoms with Gasteiger partial charge in [0.15, 0.2) is 5.82 Å². The first-order valence-corrected chi connectivity index (χ1v) is 7.37. The Morgan fingerprint density at radius 3 is 2.57 bits per heavy atom. The summed E-state index contributed by atoms with van der Waals surface area (Å²) in [5.41, 5.74) is 0.542. The molecule has 0 bridgehead atoms. The average Bonchev–Trinajstić information content (AvgIpc) is 2.84. The maximum Gasteiger partial charge on any atom is 0.307 e. The Bertz CT molecular complexity index is 739. The molecule has 23 heavy (non-hydrogen) atoms. The smallest absolute Gasteiger partial charge is 0.307 e. The molecule has 7 nitrogen and oxygen atoms in total. The summed E-state index contributed by atoms with van der Waals surface area (Å²) in [5.74, 6) is -2.13. The van der Waals surface area contributed by atoms with E-state index in [-0.39, 0.29) is 5.91 Å². The van der Waals surface area contributed by atoms with E-state index in [1.54, 1.807) is 24.7 Å². The Morgan fingerprint density at radius 2 is 1.96 bits per heavy atom. The maximum atomic E-state index is 12.2. The molecule has 1 aliphatic carbocycles. The molecule has 0 radical (unpaired) electrons. The Labute approximate surface area is 133 Å². The van der Waals surface area contributed by atoms with Gasteiger partial charge in [-0.2, -0.15) is 0 Å². The van der Waals surface area contributed by atoms with Crippen molar-refractivity contribution in [1.29, 1.82) is 0 Å². The first-order valence-electron chi connectivity index (χ1n) is 7.37. The zero-order valence-corrected chi connectivity index (χ0v) is 12.9. The zero-order valence-electron chi connectivity index (χ0n) is 12.9. The molecule has 0 spiro atoms. The number of carbonyl (C=O) groups is 2. The fourth-order valence-electron chi connectivity index (χ4n) is 3.00. The minimum Gasteiger partial charge on any atom is -0.481 e. The third-order valence-electron chi connectivity index (χ3n) is 4.35. The fourth-order valence-corrected chi connectivity index (χ4v) is 3.00. The van der Waals surface area contributed by atoms with E-state index in [2.05, 4.69) is 15.6 Å². The van der Waals surface area contributed by atoms with Crippen LogP contribution in [0.2, 0.25) is 0 Å². The zero-order chi connectivity index (χ0) is 16.6. The maximum absolute atomic E-state index is 12.2. The molecule has 1 aliphatic rings. The minimum absolute atomic E-state index is 0.325. The van der Waals surface area contributed by atoms with E-state index < -0.39 is 23.2 Å². The highest BCUT2D eigenvalue weighted by molar-refractivity contribution is 5.99. The van der Waals surface area contributed by atoms with Crippen LogP contribution in [0.15, 0.2) is 36.5 Å². The number of amides is 1. The molecule has 0 saturated heterocycles. The van der Waals surface area contributed by atoms with Crippen LogP contribution in [0.1, 0.15) is 19.4 Å². The Balaban J connectivity index is 1.64. The van der Waals surface area contributed by atoms with Gasteiger partial charge in [-0.3, -0.25) is 9.59 Å². The number of anilines is 1. The van der Waals surface area contributed by atoms with E-state index in [9.17, 15) is 9.59 Å². The van der Waals surface area contributed by atoms with Gasteiger partial charge in [0, 0.05) is 0 Å². The predicted octanol–water partition coefficient (Wildman–Crippen LogP) is 1.62. The third kappa shape index (κ3) is 2.94. The lowest BCUT2D eigenvalue weighted by molar-refractivity contribution is -0.140. The lowest BCUT2D eigenvalue weighted by atomic mass is 10.1. The number of nitrogens with one attached hydrogen (secondary N) is 1. The van der Waals surface area contributed by atoms with Crippen LogP contribution < -0.4 is 5.32 Å². The van der Waals surface area contributed by atoms with Crippen LogP contribution >= 0.6 is 0 Å². The van der Waals surface area contributed by atoms with Gasteiger partial charge in [0.1, 0.15) is 0 Å². The van der Waals surface area contributed by atoms with Crippen molar-refractivity contribution in [3.05, 3.63) is 42.1 Å². The summed E-state index contributed by atoms with van der Waals surface area (Å²) in [4.78, 5) is 23.4. The van der Waals surface area contributed by atoms with E-state index in [0.29, 0.717) is 12.4 Å². The largest absolute Gasteiger partial charge is 0.481 e. The van der Waals surface area contributed by atoms with Gasteiger partial charge in [-0.15, -0.1) is 5.10 Å². The summed E-state index contributed by atoms with van der Waals surface area (Å²) in [7, 11) is 0. The first kappa shape index (κ1) is 15.2. The molecule has 0 aliphatic heterocycles. The van der Waals surface area contributed by atoms with Crippen LogP contribution in [0, 0.1) is 17.3 Å². The number of aliphatic carboxylic acids is 1. The molecule has 1 heterocycles. The van der Waals surface area contributed by atoms with Gasteiger partial charge in [0.05, 0.1) is 24.6 Å². The van der Waals surface area contributed by atoms with Gasteiger partial charge < -0.3 is 10.4 Å². The summed E-state index contributed by atoms with van der Waals surface area (Å²) >= 11 is 0. The number of aromatic nitrogens is 3. The lowest BCUT2D eigenvalue weighted by Crippen LogP contribution is -2.18. The first-order chi connectivity index (χ1) is 10.9. The van der Waals surface area contributed by atoms with Gasteiger partial charge in [0.2, 0.25) is 5.91 Å². The monoisotopic (exact) mass is 314 g/mol. The van der Waals surface area contributed by atoms with Gasteiger partial charge in [-0.1, -0.05) is 49.4 Å². The van der Waals surface area contributed by atoms with E-state index in [1.807, 2.05) is 30.3 Å². The topological polar surface area (TPSA) is 97.1 Å². The molecular formula is C16H18N4O3. The van der Waals surface area contributed by atoms with Gasteiger partial charge in [-0.05, 0) is 11.0 Å². The van der Waals surface area contributed by atoms with Crippen molar-refractivity contribution in [1.82, 2.24) is 15.0 Å². The highest BCUT2D eigenvalue weighted by atomic mass is 16.4. The average molecular weight is 314 g/mol. The van der Waals surface area contributed by atoms with Crippen molar-refractivity contribution in [2.24, 2.45) is 17.3 Å². The lowest BCUT2D eigenvalue weighted by Gasteiger charge is -2.02. The van der Waals surface area contributed by atoms with Crippen molar-refractivity contribution in [3.63, 3.8) is 0 Å². The fraction of sp³-hybridized carbons (Fsp3) is 0.375. The minimum atomic E-state index is -0.942. The molecular weight excluding hydrogens is 296 g/mol. The molecule has 2 N–H and O–H groups in total. The summed E-state index contributed by atoms with van der Waals surface area (Å²) in [6, 6.07) is 9.77. The highest BCUT2D eigenvalue weighted by Crippen LogP contribution is 2.58. The number of carboxylic acid groups (broad SMARTS) is 1. The summed E-state index contributed by atoms with van der Waals surface area (Å²) in [6.07, 6.45) is 1.63. The summed E-state index contributed by atoms with van der Waals surface area (Å²) in [5, 5.41) is 19.7. The summed E-state index contributed by atoms with van der Waals surface area (Å²) < 4.78 is 1.62. The second-order valence-corrected chi connectivity index (χ2v) is 6.39. The normalized spacial score (nSPS) is 21.7. The molecule has 1 fully saturated rings. The van der Waals surface area contributed by atoms with Crippen molar-refractivity contribution in [2.75, 3.05) is 5.32 Å². The number of hydrogen-bond donors (Lipinski definition) is 2. The number of carboxylic acids is 1. The molecule has 120 valence electrons. The van der Waals surface area contributed by atoms with E-state index >= 15 is 0 Å². The quantitative estimate of drug-likeness (QED) is 0.874. The van der Waals surface area contributed by atoms with Crippen molar-refractivity contribution in [2.45, 2.75) is 20.4 Å². The molecule has 0 unspecified atom stereocenters. The Hall–Kier alpha value is -2.70. The molecule has 2 aromatic rings. The number of nitrogens with zero attached hydrogens (tertiary/aromatic N) is 3. The molecule has 2 atom stereocenters. The second kappa shape index (κ2) is 5.49. The van der Waals surface area contributed by atoms with E-state index in [0.717, 1.165) is 5.56 Å². The van der Waals surface area contributed by atoms with Gasteiger partial charge in [0.25, 0.3) is 0 Å². The van der Waals surface area contributed by atoms with Gasteiger partial charge >= 0.3 is 5.97 Å². The highest BCUT2D eigenvalue weighted by Gasteiger charge is 2.65. The van der Waals surface area contributed by atoms with Crippen molar-refractivity contribution >= 4 is 17.7 Å². The standard InChI is InChI=1S/C16H18N4O3/c1-16(2)12(13(16)15(22)23)14(21)17-11-9-20(19-18-11)8-10-6-4-3-5-7-10/h3-7,9,12-13H,8H2,1-2H3,(H,17,21)(H,22,23)/t12-,13+/m1/s1. The van der Waals surface area contributed by atoms with Crippen LogP contribution in [0.4, 0.5) is 5.82 Å². The molecule has 1 aromatic carbocycles. The molecule has 1 saturated carbocycles. The van der Waals surface area contributed by atoms with Crippen LogP contribution in [0.25, 0.3) is 0 Å². The van der Waals surface area contributed by atoms with E-state index in [4.69, 9.17) is 5.11 Å². The number of benzene rings is 1. The molecule has 3 rings (SSSR count). The van der Waals surface area contributed by atoms with Crippen molar-refractivity contribution in [3.8, 4) is 0 Å². The number of hydrogen-bond acceptors (Lipinski definition) is 4. The van der Waals surface area contributed by atoms with Crippen molar-refractivity contribution < 1.29 is 14.7 Å². The van der Waals surface area contributed by atoms with Crippen LogP contribution in [-0.2, 0) is 16.1 Å². The van der Waals surface area contributed by atoms with Crippen LogP contribution in [0.5, 0.6) is 0 Å². The third-order valence-corrected chi connectivity index (χ3v) is 4.35. The Kier molecular flexibility index (Phi) is 3.63. The summed E-state index contributed by atoms with van der Waals surface area (Å²) in [6.45, 7) is 4.11. The number of rotatable bonds is 5. The number of carbonyl (C=O) groups excluding carboxylic acids is 1. The predicted molar refractivity (Wildman–Crippen MR) is 82.6 cm³/mol. The molecule has 1 aromatic heterocycles. The SMILES string of the molecule is CC1(C)[C@H](C(=O)O)[C@@H]1C(=O)Nc1cn(Cc2ccccc2)nn1. The molecule has 1 amide bonds.